The summed E-state index contributed by atoms with van der Waals surface area (Å²) in [6, 6.07) is 6.28. The first-order valence-corrected chi connectivity index (χ1v) is 8.30. The molecule has 1 aliphatic rings. The zero-order valence-corrected chi connectivity index (χ0v) is 13.5. The van der Waals surface area contributed by atoms with Crippen LogP contribution in [0.4, 0.5) is 5.69 Å². The van der Waals surface area contributed by atoms with Crippen LogP contribution < -0.4 is 10.2 Å². The number of nitrogens with zero attached hydrogens (tertiary/aromatic N) is 1. The second-order valence-electron chi connectivity index (χ2n) is 5.88. The SMILES string of the molecule is CCCC1CCCN(c2cc(Cl)ccc2CNC)CC1. The highest BCUT2D eigenvalue weighted by atomic mass is 35.5. The van der Waals surface area contributed by atoms with Gasteiger partial charge in [-0.15, -0.1) is 0 Å². The molecular formula is C17H27ClN2. The Morgan fingerprint density at radius 3 is 2.90 bits per heavy atom. The third-order valence-corrected chi connectivity index (χ3v) is 4.53. The van der Waals surface area contributed by atoms with Crippen LogP contribution in [0.15, 0.2) is 18.2 Å². The molecule has 1 unspecified atom stereocenters. The predicted octanol–water partition coefficient (Wildman–Crippen LogP) is 4.47. The summed E-state index contributed by atoms with van der Waals surface area (Å²) in [6.07, 6.45) is 6.70. The van der Waals surface area contributed by atoms with Crippen molar-refractivity contribution in [3.8, 4) is 0 Å². The Bertz CT molecular complexity index is 419. The molecule has 1 N–H and O–H groups in total. The molecule has 0 radical (unpaired) electrons. The average Bonchev–Trinajstić information content (AvgIpc) is 2.67. The number of hydrogen-bond acceptors (Lipinski definition) is 2. The molecule has 1 fully saturated rings. The molecule has 1 aromatic carbocycles. The van der Waals surface area contributed by atoms with E-state index in [1.165, 1.54) is 49.9 Å². The molecule has 0 aromatic heterocycles. The smallest absolute Gasteiger partial charge is 0.0426 e. The van der Waals surface area contributed by atoms with Gasteiger partial charge in [-0.2, -0.15) is 0 Å². The Morgan fingerprint density at radius 2 is 2.15 bits per heavy atom. The van der Waals surface area contributed by atoms with Gasteiger partial charge in [-0.05, 0) is 49.9 Å². The van der Waals surface area contributed by atoms with Gasteiger partial charge in [0.15, 0.2) is 0 Å². The maximum Gasteiger partial charge on any atom is 0.0426 e. The number of nitrogens with one attached hydrogen (secondary N) is 1. The summed E-state index contributed by atoms with van der Waals surface area (Å²) < 4.78 is 0. The summed E-state index contributed by atoms with van der Waals surface area (Å²) in [4.78, 5) is 2.54. The van der Waals surface area contributed by atoms with Crippen LogP contribution in [-0.4, -0.2) is 20.1 Å². The lowest BCUT2D eigenvalue weighted by atomic mass is 9.96. The van der Waals surface area contributed by atoms with E-state index in [4.69, 9.17) is 11.6 Å². The van der Waals surface area contributed by atoms with Gasteiger partial charge in [-0.3, -0.25) is 0 Å². The van der Waals surface area contributed by atoms with Crippen molar-refractivity contribution in [1.29, 1.82) is 0 Å². The van der Waals surface area contributed by atoms with Crippen LogP contribution in [0.25, 0.3) is 0 Å². The molecule has 0 amide bonds. The van der Waals surface area contributed by atoms with Gasteiger partial charge < -0.3 is 10.2 Å². The lowest BCUT2D eigenvalue weighted by Crippen LogP contribution is -2.26. The summed E-state index contributed by atoms with van der Waals surface area (Å²) in [6.45, 7) is 5.53. The standard InChI is InChI=1S/C17H27ClN2/c1-3-5-14-6-4-10-20(11-9-14)17-12-16(18)8-7-15(17)13-19-2/h7-8,12,14,19H,3-6,9-11,13H2,1-2H3. The molecule has 0 bridgehead atoms. The molecule has 0 saturated carbocycles. The van der Waals surface area contributed by atoms with E-state index in [0.29, 0.717) is 0 Å². The van der Waals surface area contributed by atoms with Crippen LogP contribution in [0.2, 0.25) is 5.02 Å². The van der Waals surface area contributed by atoms with Gasteiger partial charge in [-0.25, -0.2) is 0 Å². The summed E-state index contributed by atoms with van der Waals surface area (Å²) in [5.74, 6) is 0.914. The molecule has 0 aliphatic carbocycles. The van der Waals surface area contributed by atoms with Crippen LogP contribution >= 0.6 is 11.6 Å². The zero-order chi connectivity index (χ0) is 14.4. The van der Waals surface area contributed by atoms with Crippen molar-refractivity contribution in [2.24, 2.45) is 5.92 Å². The highest BCUT2D eigenvalue weighted by Crippen LogP contribution is 2.29. The van der Waals surface area contributed by atoms with Gasteiger partial charge >= 0.3 is 0 Å². The number of halogens is 1. The molecule has 1 saturated heterocycles. The van der Waals surface area contributed by atoms with Crippen LogP contribution in [0.3, 0.4) is 0 Å². The second kappa shape index (κ2) is 7.90. The molecule has 112 valence electrons. The number of anilines is 1. The lowest BCUT2D eigenvalue weighted by Gasteiger charge is -2.26. The lowest BCUT2D eigenvalue weighted by molar-refractivity contribution is 0.435. The van der Waals surface area contributed by atoms with Crippen molar-refractivity contribution < 1.29 is 0 Å². The Balaban J connectivity index is 2.12. The van der Waals surface area contributed by atoms with Crippen LogP contribution in [-0.2, 0) is 6.54 Å². The van der Waals surface area contributed by atoms with E-state index in [0.717, 1.165) is 24.0 Å². The second-order valence-corrected chi connectivity index (χ2v) is 6.31. The fourth-order valence-corrected chi connectivity index (χ4v) is 3.44. The molecule has 0 spiro atoms. The minimum atomic E-state index is 0.842. The fraction of sp³-hybridized carbons (Fsp3) is 0.647. The van der Waals surface area contributed by atoms with Gasteiger partial charge in [0.2, 0.25) is 0 Å². The fourth-order valence-electron chi connectivity index (χ4n) is 3.27. The highest BCUT2D eigenvalue weighted by molar-refractivity contribution is 6.30. The first-order valence-electron chi connectivity index (χ1n) is 7.92. The molecule has 1 aliphatic heterocycles. The third kappa shape index (κ3) is 4.13. The minimum absolute atomic E-state index is 0.842. The van der Waals surface area contributed by atoms with E-state index >= 15 is 0 Å². The predicted molar refractivity (Wildman–Crippen MR) is 88.7 cm³/mol. The van der Waals surface area contributed by atoms with E-state index < -0.39 is 0 Å². The number of rotatable bonds is 5. The summed E-state index contributed by atoms with van der Waals surface area (Å²) >= 11 is 6.21. The molecule has 3 heteroatoms. The summed E-state index contributed by atoms with van der Waals surface area (Å²) in [5.41, 5.74) is 2.68. The Labute approximate surface area is 128 Å². The minimum Gasteiger partial charge on any atom is -0.371 e. The zero-order valence-electron chi connectivity index (χ0n) is 12.8. The quantitative estimate of drug-likeness (QED) is 0.862. The van der Waals surface area contributed by atoms with E-state index in [1.807, 2.05) is 13.1 Å². The molecule has 2 nitrogen and oxygen atoms in total. The van der Waals surface area contributed by atoms with Crippen LogP contribution in [0.5, 0.6) is 0 Å². The Hall–Kier alpha value is -0.730. The Kier molecular flexibility index (Phi) is 6.18. The topological polar surface area (TPSA) is 15.3 Å². The van der Waals surface area contributed by atoms with E-state index in [2.05, 4.69) is 29.3 Å². The van der Waals surface area contributed by atoms with Crippen molar-refractivity contribution in [3.63, 3.8) is 0 Å². The maximum atomic E-state index is 6.21. The summed E-state index contributed by atoms with van der Waals surface area (Å²) in [5, 5.41) is 4.10. The van der Waals surface area contributed by atoms with Crippen molar-refractivity contribution in [2.75, 3.05) is 25.0 Å². The first-order chi connectivity index (χ1) is 9.74. The van der Waals surface area contributed by atoms with E-state index in [9.17, 15) is 0 Å². The monoisotopic (exact) mass is 294 g/mol. The van der Waals surface area contributed by atoms with Gasteiger partial charge in [0.05, 0.1) is 0 Å². The summed E-state index contributed by atoms with van der Waals surface area (Å²) in [7, 11) is 2.00. The molecule has 20 heavy (non-hydrogen) atoms. The van der Waals surface area contributed by atoms with Crippen molar-refractivity contribution in [2.45, 2.75) is 45.6 Å². The highest BCUT2D eigenvalue weighted by Gasteiger charge is 2.18. The van der Waals surface area contributed by atoms with Gasteiger partial charge in [0.1, 0.15) is 0 Å². The van der Waals surface area contributed by atoms with Gasteiger partial charge in [-0.1, -0.05) is 37.4 Å². The van der Waals surface area contributed by atoms with Crippen LogP contribution in [0, 0.1) is 5.92 Å². The number of benzene rings is 1. The van der Waals surface area contributed by atoms with Gasteiger partial charge in [0, 0.05) is 30.3 Å². The normalized spacial score (nSPS) is 19.9. The maximum absolute atomic E-state index is 6.21. The van der Waals surface area contributed by atoms with Crippen molar-refractivity contribution in [3.05, 3.63) is 28.8 Å². The number of hydrogen-bond donors (Lipinski definition) is 1. The molecule has 1 aromatic rings. The first kappa shape index (κ1) is 15.7. The van der Waals surface area contributed by atoms with Crippen molar-refractivity contribution in [1.82, 2.24) is 5.32 Å². The van der Waals surface area contributed by atoms with E-state index in [-0.39, 0.29) is 0 Å². The largest absolute Gasteiger partial charge is 0.371 e. The molecule has 1 heterocycles. The Morgan fingerprint density at radius 1 is 1.30 bits per heavy atom. The molecule has 1 atom stereocenters. The molecule has 2 rings (SSSR count). The van der Waals surface area contributed by atoms with E-state index in [1.54, 1.807) is 0 Å². The third-order valence-electron chi connectivity index (χ3n) is 4.30. The van der Waals surface area contributed by atoms with Crippen LogP contribution in [0.1, 0.15) is 44.6 Å². The van der Waals surface area contributed by atoms with Gasteiger partial charge in [0.25, 0.3) is 0 Å². The average molecular weight is 295 g/mol. The van der Waals surface area contributed by atoms with Crippen molar-refractivity contribution >= 4 is 17.3 Å². The molecular weight excluding hydrogens is 268 g/mol.